The van der Waals surface area contributed by atoms with Crippen LogP contribution in [0.1, 0.15) is 43.6 Å². The highest BCUT2D eigenvalue weighted by Gasteiger charge is 2.17. The molecule has 1 amide bonds. The van der Waals surface area contributed by atoms with E-state index in [-0.39, 0.29) is 0 Å². The van der Waals surface area contributed by atoms with Gasteiger partial charge in [0.1, 0.15) is 11.7 Å². The zero-order chi connectivity index (χ0) is 18.6. The highest BCUT2D eigenvalue weighted by atomic mass is 35.5. The number of nitrogen functional groups attached to an aromatic ring is 1. The summed E-state index contributed by atoms with van der Waals surface area (Å²) < 4.78 is 5.20. The summed E-state index contributed by atoms with van der Waals surface area (Å²) in [5, 5.41) is 13.8. The summed E-state index contributed by atoms with van der Waals surface area (Å²) in [6.07, 6.45) is -1.36. The quantitative estimate of drug-likeness (QED) is 0.717. The van der Waals surface area contributed by atoms with Gasteiger partial charge < -0.3 is 20.9 Å². The number of amides is 1. The second-order valence-corrected chi connectivity index (χ2v) is 7.21. The molecule has 25 heavy (non-hydrogen) atoms. The van der Waals surface area contributed by atoms with E-state index in [4.69, 9.17) is 22.1 Å². The van der Waals surface area contributed by atoms with Crippen molar-refractivity contribution >= 4 is 23.4 Å². The minimum atomic E-state index is -0.876. The molecule has 1 unspecified atom stereocenters. The van der Waals surface area contributed by atoms with Gasteiger partial charge in [-0.2, -0.15) is 0 Å². The number of rotatable bonds is 4. The van der Waals surface area contributed by atoms with Crippen LogP contribution in [0.3, 0.4) is 0 Å². The van der Waals surface area contributed by atoms with Gasteiger partial charge in [-0.15, -0.1) is 0 Å². The van der Waals surface area contributed by atoms with Crippen molar-refractivity contribution in [1.82, 2.24) is 5.32 Å². The van der Waals surface area contributed by atoms with Crippen LogP contribution >= 0.6 is 11.6 Å². The van der Waals surface area contributed by atoms with Gasteiger partial charge in [-0.1, -0.05) is 41.9 Å². The van der Waals surface area contributed by atoms with Gasteiger partial charge in [-0.05, 0) is 44.0 Å². The average molecular weight is 363 g/mol. The van der Waals surface area contributed by atoms with Crippen LogP contribution in [-0.4, -0.2) is 16.8 Å². The number of aliphatic hydroxyl groups is 1. The van der Waals surface area contributed by atoms with Gasteiger partial charge in [-0.25, -0.2) is 4.79 Å². The third kappa shape index (κ3) is 5.66. The molecule has 0 aliphatic heterocycles. The molecule has 134 valence electrons. The second kappa shape index (κ2) is 7.76. The number of halogens is 1. The Bertz CT molecular complexity index is 757. The number of hydrogen-bond acceptors (Lipinski definition) is 4. The van der Waals surface area contributed by atoms with Gasteiger partial charge in [-0.3, -0.25) is 0 Å². The zero-order valence-corrected chi connectivity index (χ0v) is 15.3. The summed E-state index contributed by atoms with van der Waals surface area (Å²) in [6, 6.07) is 12.3. The van der Waals surface area contributed by atoms with E-state index >= 15 is 0 Å². The number of carbonyl (C=O) groups is 1. The number of nitrogens with two attached hydrogens (primary N) is 1. The molecule has 2 rings (SSSR count). The van der Waals surface area contributed by atoms with E-state index in [0.717, 1.165) is 5.56 Å². The first kappa shape index (κ1) is 19.1. The summed E-state index contributed by atoms with van der Waals surface area (Å²) in [5.41, 5.74) is 7.92. The Morgan fingerprint density at radius 1 is 1.28 bits per heavy atom. The number of hydrogen-bond donors (Lipinski definition) is 3. The lowest BCUT2D eigenvalue weighted by Gasteiger charge is -2.20. The van der Waals surface area contributed by atoms with Gasteiger partial charge in [0.2, 0.25) is 0 Å². The summed E-state index contributed by atoms with van der Waals surface area (Å²) in [4.78, 5) is 11.7. The standard InChI is InChI=1S/C19H23ClN2O3/c1-19(2,3)25-18(24)22-11-12-5-4-6-13(9-12)17(23)15-8-7-14(20)10-16(15)21/h4-10,17,23H,11,21H2,1-3H3,(H,22,24). The minimum Gasteiger partial charge on any atom is -0.444 e. The van der Waals surface area contributed by atoms with Gasteiger partial charge >= 0.3 is 6.09 Å². The first-order valence-electron chi connectivity index (χ1n) is 7.94. The van der Waals surface area contributed by atoms with Gasteiger partial charge in [0.25, 0.3) is 0 Å². The largest absolute Gasteiger partial charge is 0.444 e. The van der Waals surface area contributed by atoms with Crippen LogP contribution in [0.15, 0.2) is 42.5 Å². The fourth-order valence-corrected chi connectivity index (χ4v) is 2.52. The van der Waals surface area contributed by atoms with Crippen LogP contribution in [-0.2, 0) is 11.3 Å². The molecule has 2 aromatic rings. The molecule has 5 nitrogen and oxygen atoms in total. The maximum atomic E-state index is 11.7. The second-order valence-electron chi connectivity index (χ2n) is 6.78. The summed E-state index contributed by atoms with van der Waals surface area (Å²) in [6.45, 7) is 5.71. The highest BCUT2D eigenvalue weighted by Crippen LogP contribution is 2.29. The molecule has 0 aromatic heterocycles. The Morgan fingerprint density at radius 3 is 2.64 bits per heavy atom. The number of ether oxygens (including phenoxy) is 1. The number of carbonyl (C=O) groups excluding carboxylic acids is 1. The molecular formula is C19H23ClN2O3. The van der Waals surface area contributed by atoms with E-state index in [2.05, 4.69) is 5.32 Å². The Balaban J connectivity index is 2.09. The van der Waals surface area contributed by atoms with Crippen LogP contribution in [0.2, 0.25) is 5.02 Å². The third-order valence-electron chi connectivity index (χ3n) is 3.45. The number of anilines is 1. The van der Waals surface area contributed by atoms with Crippen molar-refractivity contribution < 1.29 is 14.6 Å². The Kier molecular flexibility index (Phi) is 5.93. The number of aliphatic hydroxyl groups excluding tert-OH is 1. The van der Waals surface area contributed by atoms with E-state index in [0.29, 0.717) is 28.4 Å². The third-order valence-corrected chi connectivity index (χ3v) is 3.68. The predicted octanol–water partition coefficient (Wildman–Crippen LogP) is 4.03. The normalized spacial score (nSPS) is 12.5. The molecule has 0 spiro atoms. The average Bonchev–Trinajstić information content (AvgIpc) is 2.51. The van der Waals surface area contributed by atoms with Crippen molar-refractivity contribution in [2.45, 2.75) is 39.0 Å². The molecule has 0 saturated heterocycles. The monoisotopic (exact) mass is 362 g/mol. The molecule has 2 aromatic carbocycles. The Hall–Kier alpha value is -2.24. The SMILES string of the molecule is CC(C)(C)OC(=O)NCc1cccc(C(O)c2ccc(Cl)cc2N)c1. The first-order valence-corrected chi connectivity index (χ1v) is 8.32. The molecule has 0 fully saturated rings. The minimum absolute atomic E-state index is 0.297. The van der Waals surface area contributed by atoms with Crippen LogP contribution in [0.4, 0.5) is 10.5 Å². The molecule has 0 aliphatic rings. The van der Waals surface area contributed by atoms with E-state index < -0.39 is 17.8 Å². The van der Waals surface area contributed by atoms with Gasteiger partial charge in [0.15, 0.2) is 0 Å². The van der Waals surface area contributed by atoms with Crippen molar-refractivity contribution in [3.05, 3.63) is 64.2 Å². The first-order chi connectivity index (χ1) is 11.7. The van der Waals surface area contributed by atoms with Gasteiger partial charge in [0.05, 0.1) is 0 Å². The number of nitrogens with one attached hydrogen (secondary N) is 1. The lowest BCUT2D eigenvalue weighted by molar-refractivity contribution is 0.0523. The van der Waals surface area contributed by atoms with Crippen molar-refractivity contribution in [2.24, 2.45) is 0 Å². The van der Waals surface area contributed by atoms with E-state index in [1.165, 1.54) is 0 Å². The van der Waals surface area contributed by atoms with E-state index in [1.54, 1.807) is 45.0 Å². The number of benzene rings is 2. The van der Waals surface area contributed by atoms with Crippen molar-refractivity contribution in [3.8, 4) is 0 Å². The molecule has 6 heteroatoms. The Labute approximate surface area is 152 Å². The molecule has 4 N–H and O–H groups in total. The molecule has 0 radical (unpaired) electrons. The van der Waals surface area contributed by atoms with Crippen LogP contribution in [0.5, 0.6) is 0 Å². The van der Waals surface area contributed by atoms with Crippen LogP contribution < -0.4 is 11.1 Å². The molecular weight excluding hydrogens is 340 g/mol. The molecule has 0 saturated carbocycles. The Morgan fingerprint density at radius 2 is 2.00 bits per heavy atom. The summed E-state index contributed by atoms with van der Waals surface area (Å²) in [7, 11) is 0. The van der Waals surface area contributed by atoms with Crippen molar-refractivity contribution in [3.63, 3.8) is 0 Å². The lowest BCUT2D eigenvalue weighted by Crippen LogP contribution is -2.32. The molecule has 0 bridgehead atoms. The summed E-state index contributed by atoms with van der Waals surface area (Å²) in [5.74, 6) is 0. The molecule has 1 atom stereocenters. The van der Waals surface area contributed by atoms with Crippen LogP contribution in [0.25, 0.3) is 0 Å². The van der Waals surface area contributed by atoms with Crippen LogP contribution in [0, 0.1) is 0 Å². The topological polar surface area (TPSA) is 84.6 Å². The van der Waals surface area contributed by atoms with E-state index in [1.807, 2.05) is 18.2 Å². The maximum absolute atomic E-state index is 11.7. The fourth-order valence-electron chi connectivity index (χ4n) is 2.34. The van der Waals surface area contributed by atoms with Crippen molar-refractivity contribution in [2.75, 3.05) is 5.73 Å². The smallest absolute Gasteiger partial charge is 0.407 e. The summed E-state index contributed by atoms with van der Waals surface area (Å²) >= 11 is 5.90. The fraction of sp³-hybridized carbons (Fsp3) is 0.316. The molecule has 0 aliphatic carbocycles. The van der Waals surface area contributed by atoms with Crippen molar-refractivity contribution in [1.29, 1.82) is 0 Å². The number of alkyl carbamates (subject to hydrolysis) is 1. The molecule has 0 heterocycles. The predicted molar refractivity (Wildman–Crippen MR) is 99.4 cm³/mol. The maximum Gasteiger partial charge on any atom is 0.407 e. The van der Waals surface area contributed by atoms with E-state index in [9.17, 15) is 9.90 Å². The lowest BCUT2D eigenvalue weighted by atomic mass is 9.98. The highest BCUT2D eigenvalue weighted by molar-refractivity contribution is 6.30. The zero-order valence-electron chi connectivity index (χ0n) is 14.5. The van der Waals surface area contributed by atoms with Gasteiger partial charge in [0, 0.05) is 22.8 Å².